The first-order chi connectivity index (χ1) is 14.2. The molecular formula is C22H17ClN6. The van der Waals surface area contributed by atoms with Gasteiger partial charge in [0.15, 0.2) is 0 Å². The van der Waals surface area contributed by atoms with Crippen LogP contribution in [0.5, 0.6) is 0 Å². The first kappa shape index (κ1) is 17.6. The third-order valence-electron chi connectivity index (χ3n) is 4.94. The summed E-state index contributed by atoms with van der Waals surface area (Å²) in [5, 5.41) is 4.89. The van der Waals surface area contributed by atoms with Gasteiger partial charge >= 0.3 is 0 Å². The van der Waals surface area contributed by atoms with Gasteiger partial charge in [-0.05, 0) is 46.8 Å². The lowest BCUT2D eigenvalue weighted by atomic mass is 10.0. The molecule has 0 saturated heterocycles. The lowest BCUT2D eigenvalue weighted by Crippen LogP contribution is -2.01. The van der Waals surface area contributed by atoms with Crippen molar-refractivity contribution in [2.75, 3.05) is 5.32 Å². The highest BCUT2D eigenvalue weighted by atomic mass is 35.5. The number of anilines is 1. The van der Waals surface area contributed by atoms with E-state index in [1.54, 1.807) is 24.8 Å². The predicted molar refractivity (Wildman–Crippen MR) is 116 cm³/mol. The molecule has 1 N–H and O–H groups in total. The van der Waals surface area contributed by atoms with Crippen LogP contribution in [0.2, 0.25) is 5.28 Å². The van der Waals surface area contributed by atoms with Gasteiger partial charge in [0.25, 0.3) is 0 Å². The summed E-state index contributed by atoms with van der Waals surface area (Å²) in [6.07, 6.45) is 8.94. The lowest BCUT2D eigenvalue weighted by Gasteiger charge is -2.12. The number of aryl methyl sites for hydroxylation is 1. The number of fused-ring (bicyclic) bond motifs is 2. The van der Waals surface area contributed by atoms with Gasteiger partial charge in [-0.25, -0.2) is 9.97 Å². The Labute approximate surface area is 172 Å². The highest BCUT2D eigenvalue weighted by Crippen LogP contribution is 2.32. The average Bonchev–Trinajstić information content (AvgIpc) is 3.13. The van der Waals surface area contributed by atoms with E-state index in [0.29, 0.717) is 6.54 Å². The summed E-state index contributed by atoms with van der Waals surface area (Å²) in [4.78, 5) is 17.2. The molecule has 0 amide bonds. The maximum absolute atomic E-state index is 5.77. The van der Waals surface area contributed by atoms with Crippen LogP contribution in [0.25, 0.3) is 33.1 Å². The van der Waals surface area contributed by atoms with Crippen LogP contribution in [0.1, 0.15) is 5.56 Å². The van der Waals surface area contributed by atoms with Crippen molar-refractivity contribution >= 4 is 39.2 Å². The van der Waals surface area contributed by atoms with Gasteiger partial charge in [-0.2, -0.15) is 0 Å². The van der Waals surface area contributed by atoms with Crippen LogP contribution in [-0.4, -0.2) is 24.5 Å². The zero-order chi connectivity index (χ0) is 19.8. The van der Waals surface area contributed by atoms with Crippen LogP contribution in [0.3, 0.4) is 0 Å². The van der Waals surface area contributed by atoms with E-state index >= 15 is 0 Å². The molecule has 29 heavy (non-hydrogen) atoms. The van der Waals surface area contributed by atoms with Crippen LogP contribution < -0.4 is 5.32 Å². The lowest BCUT2D eigenvalue weighted by molar-refractivity contribution is 0.969. The minimum atomic E-state index is 0.244. The normalized spacial score (nSPS) is 11.2. The number of aromatic nitrogens is 5. The fourth-order valence-electron chi connectivity index (χ4n) is 3.46. The molecule has 5 aromatic rings. The summed E-state index contributed by atoms with van der Waals surface area (Å²) in [7, 11) is 2.05. The second-order valence-corrected chi connectivity index (χ2v) is 7.20. The molecule has 142 valence electrons. The van der Waals surface area contributed by atoms with Crippen LogP contribution >= 0.6 is 11.6 Å². The van der Waals surface area contributed by atoms with Crippen LogP contribution in [0, 0.1) is 0 Å². The molecule has 0 aliphatic rings. The number of halogens is 1. The van der Waals surface area contributed by atoms with Crippen molar-refractivity contribution in [3.05, 3.63) is 78.2 Å². The maximum Gasteiger partial charge on any atom is 0.222 e. The number of hydrogen-bond acceptors (Lipinski definition) is 5. The molecule has 0 bridgehead atoms. The SMILES string of the molecule is Cn1ccc2ccc(-c3cc(NCc4cnc(Cl)nc4)cc4nccnc34)cc21. The molecule has 3 heterocycles. The maximum atomic E-state index is 5.77. The molecular weight excluding hydrogens is 384 g/mol. The van der Waals surface area contributed by atoms with E-state index in [-0.39, 0.29) is 5.28 Å². The molecule has 0 radical (unpaired) electrons. The molecule has 0 aliphatic heterocycles. The summed E-state index contributed by atoms with van der Waals surface area (Å²) < 4.78 is 2.12. The van der Waals surface area contributed by atoms with Gasteiger partial charge in [-0.3, -0.25) is 9.97 Å². The summed E-state index contributed by atoms with van der Waals surface area (Å²) in [5.41, 5.74) is 6.93. The highest BCUT2D eigenvalue weighted by molar-refractivity contribution is 6.28. The predicted octanol–water partition coefficient (Wildman–Crippen LogP) is 4.84. The Morgan fingerprint density at radius 1 is 0.966 bits per heavy atom. The largest absolute Gasteiger partial charge is 0.381 e. The Hall–Kier alpha value is -3.51. The number of nitrogens with one attached hydrogen (secondary N) is 1. The summed E-state index contributed by atoms with van der Waals surface area (Å²) in [6.45, 7) is 0.583. The topological polar surface area (TPSA) is 68.5 Å². The molecule has 0 spiro atoms. The van der Waals surface area contributed by atoms with Crippen molar-refractivity contribution in [3.8, 4) is 11.1 Å². The Bertz CT molecular complexity index is 1330. The van der Waals surface area contributed by atoms with E-state index in [1.165, 1.54) is 10.9 Å². The molecule has 0 saturated carbocycles. The fraction of sp³-hybridized carbons (Fsp3) is 0.0909. The van der Waals surface area contributed by atoms with Crippen molar-refractivity contribution < 1.29 is 0 Å². The monoisotopic (exact) mass is 400 g/mol. The standard InChI is InChI=1S/C22H17ClN6/c1-29-7-4-15-2-3-16(8-20(15)29)18-9-17(10-19-21(18)25-6-5-24-19)26-11-14-12-27-22(23)28-13-14/h2-10,12-13,26H,11H2,1H3. The fourth-order valence-corrected chi connectivity index (χ4v) is 3.56. The molecule has 6 nitrogen and oxygen atoms in total. The molecule has 7 heteroatoms. The number of hydrogen-bond donors (Lipinski definition) is 1. The van der Waals surface area contributed by atoms with E-state index in [0.717, 1.165) is 33.4 Å². The Morgan fingerprint density at radius 2 is 1.79 bits per heavy atom. The third kappa shape index (κ3) is 3.39. The first-order valence-electron chi connectivity index (χ1n) is 9.18. The van der Waals surface area contributed by atoms with E-state index in [9.17, 15) is 0 Å². The average molecular weight is 401 g/mol. The smallest absolute Gasteiger partial charge is 0.222 e. The van der Waals surface area contributed by atoms with Gasteiger partial charge in [0.2, 0.25) is 5.28 Å². The second kappa shape index (κ2) is 7.14. The molecule has 0 aliphatic carbocycles. The van der Waals surface area contributed by atoms with Crippen LogP contribution in [0.15, 0.2) is 67.4 Å². The van der Waals surface area contributed by atoms with Gasteiger partial charge in [0, 0.05) is 66.9 Å². The first-order valence-corrected chi connectivity index (χ1v) is 9.56. The van der Waals surface area contributed by atoms with Crippen LogP contribution in [-0.2, 0) is 13.6 Å². The third-order valence-corrected chi connectivity index (χ3v) is 5.14. The molecule has 0 fully saturated rings. The van der Waals surface area contributed by atoms with Crippen molar-refractivity contribution in [1.29, 1.82) is 0 Å². The van der Waals surface area contributed by atoms with Gasteiger partial charge in [0.1, 0.15) is 0 Å². The van der Waals surface area contributed by atoms with Crippen molar-refractivity contribution in [2.24, 2.45) is 7.05 Å². The van der Waals surface area contributed by atoms with E-state index < -0.39 is 0 Å². The van der Waals surface area contributed by atoms with Crippen LogP contribution in [0.4, 0.5) is 5.69 Å². The van der Waals surface area contributed by atoms with E-state index in [4.69, 9.17) is 11.6 Å². The number of nitrogens with zero attached hydrogens (tertiary/aromatic N) is 5. The summed E-state index contributed by atoms with van der Waals surface area (Å²) in [6, 6.07) is 12.7. The molecule has 5 rings (SSSR count). The van der Waals surface area contributed by atoms with Gasteiger partial charge < -0.3 is 9.88 Å². The highest BCUT2D eigenvalue weighted by Gasteiger charge is 2.10. The minimum absolute atomic E-state index is 0.244. The van der Waals surface area contributed by atoms with E-state index in [2.05, 4.69) is 73.4 Å². The van der Waals surface area contributed by atoms with E-state index in [1.807, 2.05) is 6.07 Å². The Morgan fingerprint density at radius 3 is 2.66 bits per heavy atom. The zero-order valence-corrected chi connectivity index (χ0v) is 16.4. The summed E-state index contributed by atoms with van der Waals surface area (Å²) >= 11 is 5.77. The molecule has 3 aromatic heterocycles. The van der Waals surface area contributed by atoms with Gasteiger partial charge in [-0.15, -0.1) is 0 Å². The van der Waals surface area contributed by atoms with Crippen molar-refractivity contribution in [1.82, 2.24) is 24.5 Å². The molecule has 2 aromatic carbocycles. The zero-order valence-electron chi connectivity index (χ0n) is 15.7. The van der Waals surface area contributed by atoms with Gasteiger partial charge in [-0.1, -0.05) is 12.1 Å². The Kier molecular flexibility index (Phi) is 4.33. The van der Waals surface area contributed by atoms with Crippen molar-refractivity contribution in [2.45, 2.75) is 6.54 Å². The second-order valence-electron chi connectivity index (χ2n) is 6.86. The Balaban J connectivity index is 1.57. The minimum Gasteiger partial charge on any atom is -0.381 e. The summed E-state index contributed by atoms with van der Waals surface area (Å²) in [5.74, 6) is 0. The van der Waals surface area contributed by atoms with Crippen molar-refractivity contribution in [3.63, 3.8) is 0 Å². The number of rotatable bonds is 4. The quantitative estimate of drug-likeness (QED) is 0.437. The molecule has 0 unspecified atom stereocenters. The number of benzene rings is 2. The molecule has 0 atom stereocenters. The van der Waals surface area contributed by atoms with Gasteiger partial charge in [0.05, 0.1) is 11.0 Å².